The zero-order valence-corrected chi connectivity index (χ0v) is 21.3. The lowest BCUT2D eigenvalue weighted by molar-refractivity contribution is -0.120. The summed E-state index contributed by atoms with van der Waals surface area (Å²) in [7, 11) is 3.66. The molecule has 1 aromatic heterocycles. The van der Waals surface area contributed by atoms with Crippen LogP contribution in [0.15, 0.2) is 47.7 Å². The van der Waals surface area contributed by atoms with E-state index in [1.54, 1.807) is 22.8 Å². The summed E-state index contributed by atoms with van der Waals surface area (Å²) in [6, 6.07) is 11.2. The van der Waals surface area contributed by atoms with Gasteiger partial charge in [0, 0.05) is 52.5 Å². The number of nitrogens with one attached hydrogen (secondary N) is 1. The Hall–Kier alpha value is -2.14. The molecule has 0 aliphatic carbocycles. The van der Waals surface area contributed by atoms with Gasteiger partial charge in [0.15, 0.2) is 5.96 Å². The Labute approximate surface area is 207 Å². The van der Waals surface area contributed by atoms with Crippen LogP contribution in [-0.4, -0.2) is 77.3 Å². The maximum Gasteiger partial charge on any atom is 0.246 e. The summed E-state index contributed by atoms with van der Waals surface area (Å²) in [5.41, 5.74) is 2.21. The van der Waals surface area contributed by atoms with E-state index < -0.39 is 0 Å². The smallest absolute Gasteiger partial charge is 0.246 e. The minimum Gasteiger partial charge on any atom is -0.355 e. The van der Waals surface area contributed by atoms with E-state index in [-0.39, 0.29) is 29.9 Å². The molecule has 1 amide bonds. The van der Waals surface area contributed by atoms with E-state index in [0.717, 1.165) is 37.8 Å². The Morgan fingerprint density at radius 1 is 1.19 bits per heavy atom. The predicted molar refractivity (Wildman–Crippen MR) is 138 cm³/mol. The molecular formula is C23H34IN7O. The fourth-order valence-corrected chi connectivity index (χ4v) is 4.53. The standard InChI is InChI=1S/C23H33N7O.HI/c1-24-23(29-12-13-30(22(31)18-29)21-15-26-27(2)17-21)25-14-20-10-6-7-11-28(20)16-19-8-4-3-5-9-19;/h3-5,8-9,15,17,20H,6-7,10-14,16,18H2,1-2H3,(H,24,25);1H. The van der Waals surface area contributed by atoms with Gasteiger partial charge >= 0.3 is 0 Å². The quantitative estimate of drug-likeness (QED) is 0.351. The van der Waals surface area contributed by atoms with E-state index >= 15 is 0 Å². The van der Waals surface area contributed by atoms with Crippen LogP contribution in [0, 0.1) is 0 Å². The molecule has 8 nitrogen and oxygen atoms in total. The van der Waals surface area contributed by atoms with E-state index in [0.29, 0.717) is 19.1 Å². The molecule has 1 aromatic carbocycles. The van der Waals surface area contributed by atoms with Crippen LogP contribution in [0.4, 0.5) is 5.69 Å². The molecule has 2 aliphatic rings. The second-order valence-electron chi connectivity index (χ2n) is 8.37. The molecule has 0 spiro atoms. The number of rotatable bonds is 5. The number of nitrogens with zero attached hydrogens (tertiary/aromatic N) is 6. The van der Waals surface area contributed by atoms with Crippen LogP contribution in [0.5, 0.6) is 0 Å². The summed E-state index contributed by atoms with van der Waals surface area (Å²) in [4.78, 5) is 23.7. The SMILES string of the molecule is CN=C(NCC1CCCCN1Cc1ccccc1)N1CCN(c2cnn(C)c2)C(=O)C1.I. The first kappa shape index (κ1) is 24.5. The van der Waals surface area contributed by atoms with Crippen LogP contribution in [0.25, 0.3) is 0 Å². The minimum atomic E-state index is 0. The molecule has 2 aromatic rings. The summed E-state index contributed by atoms with van der Waals surface area (Å²) in [6.45, 7) is 4.66. The van der Waals surface area contributed by atoms with Gasteiger partial charge in [0.05, 0.1) is 11.9 Å². The number of guanidine groups is 1. The average molecular weight is 551 g/mol. The highest BCUT2D eigenvalue weighted by Crippen LogP contribution is 2.20. The van der Waals surface area contributed by atoms with Gasteiger partial charge in [-0.1, -0.05) is 36.8 Å². The number of anilines is 1. The fraction of sp³-hybridized carbons (Fsp3) is 0.522. The topological polar surface area (TPSA) is 69.0 Å². The molecule has 9 heteroatoms. The molecule has 1 N–H and O–H groups in total. The van der Waals surface area contributed by atoms with E-state index in [2.05, 4.69) is 55.5 Å². The van der Waals surface area contributed by atoms with Gasteiger partial charge in [-0.3, -0.25) is 19.4 Å². The molecule has 2 fully saturated rings. The van der Waals surface area contributed by atoms with E-state index in [4.69, 9.17) is 0 Å². The number of likely N-dealkylation sites (tertiary alicyclic amines) is 1. The van der Waals surface area contributed by atoms with Crippen molar-refractivity contribution in [3.8, 4) is 0 Å². The normalized spacial score (nSPS) is 20.2. The summed E-state index contributed by atoms with van der Waals surface area (Å²) in [5.74, 6) is 0.884. The highest BCUT2D eigenvalue weighted by atomic mass is 127. The number of amides is 1. The molecule has 174 valence electrons. The number of aliphatic imine (C=N–C) groups is 1. The van der Waals surface area contributed by atoms with Gasteiger partial charge in [-0.2, -0.15) is 5.10 Å². The van der Waals surface area contributed by atoms with Crippen LogP contribution in [0.1, 0.15) is 24.8 Å². The van der Waals surface area contributed by atoms with Crippen molar-refractivity contribution in [3.63, 3.8) is 0 Å². The zero-order valence-electron chi connectivity index (χ0n) is 19.0. The van der Waals surface area contributed by atoms with Gasteiger partial charge in [-0.25, -0.2) is 0 Å². The summed E-state index contributed by atoms with van der Waals surface area (Å²) < 4.78 is 1.72. The lowest BCUT2D eigenvalue weighted by Gasteiger charge is -2.38. The highest BCUT2D eigenvalue weighted by Gasteiger charge is 2.29. The lowest BCUT2D eigenvalue weighted by atomic mass is 10.0. The molecule has 1 atom stereocenters. The van der Waals surface area contributed by atoms with Crippen molar-refractivity contribution in [3.05, 3.63) is 48.3 Å². The third-order valence-electron chi connectivity index (χ3n) is 6.21. The Morgan fingerprint density at radius 3 is 2.69 bits per heavy atom. The Balaban J connectivity index is 0.00000289. The Kier molecular flexibility index (Phi) is 8.92. The van der Waals surface area contributed by atoms with E-state index in [1.807, 2.05) is 13.2 Å². The van der Waals surface area contributed by atoms with Crippen molar-refractivity contribution in [1.29, 1.82) is 0 Å². The molecule has 0 saturated carbocycles. The van der Waals surface area contributed by atoms with Crippen LogP contribution in [0.2, 0.25) is 0 Å². The lowest BCUT2D eigenvalue weighted by Crippen LogP contribution is -2.57. The zero-order chi connectivity index (χ0) is 21.6. The van der Waals surface area contributed by atoms with Crippen LogP contribution < -0.4 is 10.2 Å². The third kappa shape index (κ3) is 6.00. The first-order valence-electron chi connectivity index (χ1n) is 11.2. The molecule has 0 radical (unpaired) electrons. The second kappa shape index (κ2) is 11.6. The average Bonchev–Trinajstić information content (AvgIpc) is 3.22. The van der Waals surface area contributed by atoms with Gasteiger partial charge < -0.3 is 15.1 Å². The number of benzene rings is 1. The molecule has 3 heterocycles. The number of carbonyl (C=O) groups is 1. The van der Waals surface area contributed by atoms with Crippen molar-refractivity contribution >= 4 is 41.5 Å². The van der Waals surface area contributed by atoms with Crippen LogP contribution >= 0.6 is 24.0 Å². The van der Waals surface area contributed by atoms with Gasteiger partial charge in [0.2, 0.25) is 5.91 Å². The predicted octanol–water partition coefficient (Wildman–Crippen LogP) is 2.32. The number of halogens is 1. The number of aryl methyl sites for hydroxylation is 1. The van der Waals surface area contributed by atoms with Crippen LogP contribution in [-0.2, 0) is 18.4 Å². The molecule has 0 bridgehead atoms. The number of hydrogen-bond acceptors (Lipinski definition) is 4. The summed E-state index contributed by atoms with van der Waals surface area (Å²) in [5, 5.41) is 7.73. The minimum absolute atomic E-state index is 0. The molecule has 2 saturated heterocycles. The molecule has 2 aliphatic heterocycles. The largest absolute Gasteiger partial charge is 0.355 e. The molecule has 4 rings (SSSR count). The van der Waals surface area contributed by atoms with Crippen molar-refractivity contribution in [2.24, 2.45) is 12.0 Å². The van der Waals surface area contributed by atoms with Crippen molar-refractivity contribution in [2.45, 2.75) is 31.8 Å². The summed E-state index contributed by atoms with van der Waals surface area (Å²) >= 11 is 0. The molecular weight excluding hydrogens is 517 g/mol. The fourth-order valence-electron chi connectivity index (χ4n) is 4.53. The van der Waals surface area contributed by atoms with Gasteiger partial charge in [0.25, 0.3) is 0 Å². The Morgan fingerprint density at radius 2 is 2.00 bits per heavy atom. The van der Waals surface area contributed by atoms with E-state index in [1.165, 1.54) is 24.8 Å². The second-order valence-corrected chi connectivity index (χ2v) is 8.37. The van der Waals surface area contributed by atoms with Gasteiger partial charge in [-0.05, 0) is 24.9 Å². The number of piperazine rings is 1. The van der Waals surface area contributed by atoms with Crippen LogP contribution in [0.3, 0.4) is 0 Å². The van der Waals surface area contributed by atoms with Crippen molar-refractivity contribution in [1.82, 2.24) is 24.9 Å². The Bertz CT molecular complexity index is 901. The molecule has 1 unspecified atom stereocenters. The monoisotopic (exact) mass is 551 g/mol. The van der Waals surface area contributed by atoms with Gasteiger partial charge in [0.1, 0.15) is 6.54 Å². The highest BCUT2D eigenvalue weighted by molar-refractivity contribution is 14.0. The van der Waals surface area contributed by atoms with E-state index in [9.17, 15) is 4.79 Å². The summed E-state index contributed by atoms with van der Waals surface area (Å²) in [6.07, 6.45) is 7.32. The van der Waals surface area contributed by atoms with Crippen molar-refractivity contribution in [2.75, 3.05) is 44.7 Å². The number of aromatic nitrogens is 2. The van der Waals surface area contributed by atoms with Crippen molar-refractivity contribution < 1.29 is 4.79 Å². The third-order valence-corrected chi connectivity index (χ3v) is 6.21. The number of piperidine rings is 1. The first-order chi connectivity index (χ1) is 15.1. The number of hydrogen-bond donors (Lipinski definition) is 1. The maximum absolute atomic E-state index is 12.8. The maximum atomic E-state index is 12.8. The molecule has 32 heavy (non-hydrogen) atoms. The first-order valence-corrected chi connectivity index (χ1v) is 11.2. The van der Waals surface area contributed by atoms with Gasteiger partial charge in [-0.15, -0.1) is 24.0 Å². The number of carbonyl (C=O) groups excluding carboxylic acids is 1.